The van der Waals surface area contributed by atoms with E-state index >= 15 is 0 Å². The van der Waals surface area contributed by atoms with Gasteiger partial charge in [0.1, 0.15) is 5.78 Å². The van der Waals surface area contributed by atoms with Crippen LogP contribution in [0.4, 0.5) is 0 Å². The third-order valence-electron chi connectivity index (χ3n) is 5.10. The molecule has 1 aromatic carbocycles. The van der Waals surface area contributed by atoms with Crippen LogP contribution in [0.1, 0.15) is 28.0 Å². The molecular formula is C18H21N3O2. The third-order valence-corrected chi connectivity index (χ3v) is 5.10. The topological polar surface area (TPSA) is 54.3 Å². The largest absolute Gasteiger partial charge is 0.347 e. The highest BCUT2D eigenvalue weighted by Crippen LogP contribution is 2.31. The van der Waals surface area contributed by atoms with Crippen LogP contribution in [-0.2, 0) is 24.7 Å². The predicted molar refractivity (Wildman–Crippen MR) is 88.7 cm³/mol. The number of benzene rings is 1. The number of nitrogens with zero attached hydrogens (tertiary/aromatic N) is 2. The summed E-state index contributed by atoms with van der Waals surface area (Å²) < 4.78 is 2.18. The second-order valence-electron chi connectivity index (χ2n) is 6.47. The Morgan fingerprint density at radius 3 is 2.74 bits per heavy atom. The van der Waals surface area contributed by atoms with Crippen molar-refractivity contribution in [1.82, 2.24) is 14.8 Å². The molecular weight excluding hydrogens is 290 g/mol. The Morgan fingerprint density at radius 2 is 1.96 bits per heavy atom. The van der Waals surface area contributed by atoms with Crippen molar-refractivity contribution >= 4 is 22.6 Å². The van der Waals surface area contributed by atoms with Crippen LogP contribution in [0, 0.1) is 0 Å². The lowest BCUT2D eigenvalue weighted by atomic mass is 9.94. The second-order valence-corrected chi connectivity index (χ2v) is 6.47. The van der Waals surface area contributed by atoms with Crippen LogP contribution < -0.4 is 5.32 Å². The Hall–Kier alpha value is -2.14. The van der Waals surface area contributed by atoms with Gasteiger partial charge in [0.2, 0.25) is 0 Å². The average molecular weight is 311 g/mol. The number of hydrogen-bond acceptors (Lipinski definition) is 3. The van der Waals surface area contributed by atoms with E-state index in [1.807, 2.05) is 23.1 Å². The number of amides is 1. The number of ketones is 1. The van der Waals surface area contributed by atoms with Gasteiger partial charge in [-0.25, -0.2) is 0 Å². The van der Waals surface area contributed by atoms with Gasteiger partial charge in [0, 0.05) is 68.2 Å². The zero-order valence-corrected chi connectivity index (χ0v) is 13.4. The van der Waals surface area contributed by atoms with Gasteiger partial charge in [0.05, 0.1) is 0 Å². The average Bonchev–Trinajstić information content (AvgIpc) is 2.87. The van der Waals surface area contributed by atoms with E-state index in [4.69, 9.17) is 0 Å². The van der Waals surface area contributed by atoms with E-state index in [-0.39, 0.29) is 5.91 Å². The molecule has 2 aliphatic rings. The Labute approximate surface area is 135 Å². The number of nitrogens with one attached hydrogen (secondary N) is 1. The number of carbonyl (C=O) groups is 2. The molecule has 23 heavy (non-hydrogen) atoms. The molecule has 1 amide bonds. The van der Waals surface area contributed by atoms with E-state index in [0.717, 1.165) is 54.6 Å². The van der Waals surface area contributed by atoms with E-state index in [9.17, 15) is 9.59 Å². The summed E-state index contributed by atoms with van der Waals surface area (Å²) in [4.78, 5) is 26.5. The van der Waals surface area contributed by atoms with Crippen LogP contribution in [0.2, 0.25) is 0 Å². The lowest BCUT2D eigenvalue weighted by Crippen LogP contribution is -2.46. The summed E-state index contributed by atoms with van der Waals surface area (Å²) in [5.74, 6) is 0.386. The van der Waals surface area contributed by atoms with Crippen LogP contribution in [0.3, 0.4) is 0 Å². The van der Waals surface area contributed by atoms with E-state index < -0.39 is 0 Å². The highest BCUT2D eigenvalue weighted by molar-refractivity contribution is 6.00. The summed E-state index contributed by atoms with van der Waals surface area (Å²) in [6.45, 7) is 3.21. The molecule has 4 rings (SSSR count). The fraction of sp³-hybridized carbons (Fsp3) is 0.444. The van der Waals surface area contributed by atoms with Gasteiger partial charge in [-0.2, -0.15) is 0 Å². The molecule has 1 saturated heterocycles. The monoisotopic (exact) mass is 311 g/mol. The zero-order chi connectivity index (χ0) is 16.0. The standard InChI is InChI=1S/C18H21N3O2/c1-20-16-4-2-12(18(23)21-8-6-19-7-9-21)10-14(16)15-11-13(22)3-5-17(15)20/h2,4,10,19H,3,5-9,11H2,1H3. The predicted octanol–water partition coefficient (Wildman–Crippen LogP) is 1.28. The Bertz CT molecular complexity index is 800. The van der Waals surface area contributed by atoms with Crippen LogP contribution in [-0.4, -0.2) is 47.3 Å². The number of rotatable bonds is 1. The molecule has 0 bridgehead atoms. The summed E-state index contributed by atoms with van der Waals surface area (Å²) >= 11 is 0. The first-order chi connectivity index (χ1) is 11.1. The number of fused-ring (bicyclic) bond motifs is 3. The maximum atomic E-state index is 12.7. The maximum absolute atomic E-state index is 12.7. The molecule has 5 nitrogen and oxygen atoms in total. The van der Waals surface area contributed by atoms with E-state index in [0.29, 0.717) is 18.6 Å². The first-order valence-corrected chi connectivity index (χ1v) is 8.27. The van der Waals surface area contributed by atoms with Crippen LogP contribution >= 0.6 is 0 Å². The summed E-state index contributed by atoms with van der Waals surface area (Å²) in [5.41, 5.74) is 4.20. The minimum atomic E-state index is 0.0909. The lowest BCUT2D eigenvalue weighted by Gasteiger charge is -2.27. The van der Waals surface area contributed by atoms with Crippen molar-refractivity contribution in [1.29, 1.82) is 0 Å². The van der Waals surface area contributed by atoms with Crippen molar-refractivity contribution in [3.8, 4) is 0 Å². The highest BCUT2D eigenvalue weighted by atomic mass is 16.2. The number of Topliss-reactive ketones (excluding diaryl/α,β-unsaturated/α-hetero) is 1. The summed E-state index contributed by atoms with van der Waals surface area (Å²) in [6, 6.07) is 5.92. The molecule has 5 heteroatoms. The van der Waals surface area contributed by atoms with Gasteiger partial charge in [-0.1, -0.05) is 0 Å². The van der Waals surface area contributed by atoms with Crippen molar-refractivity contribution < 1.29 is 9.59 Å². The van der Waals surface area contributed by atoms with Gasteiger partial charge in [-0.05, 0) is 30.2 Å². The molecule has 2 heterocycles. The lowest BCUT2D eigenvalue weighted by molar-refractivity contribution is -0.118. The Kier molecular flexibility index (Phi) is 3.45. The van der Waals surface area contributed by atoms with Crippen molar-refractivity contribution in [2.45, 2.75) is 19.3 Å². The first kappa shape index (κ1) is 14.5. The van der Waals surface area contributed by atoms with Gasteiger partial charge in [-0.3, -0.25) is 9.59 Å². The maximum Gasteiger partial charge on any atom is 0.253 e. The summed E-state index contributed by atoms with van der Waals surface area (Å²) in [5, 5.41) is 4.33. The van der Waals surface area contributed by atoms with Crippen molar-refractivity contribution in [3.05, 3.63) is 35.0 Å². The number of carbonyl (C=O) groups excluding carboxylic acids is 2. The van der Waals surface area contributed by atoms with Gasteiger partial charge >= 0.3 is 0 Å². The van der Waals surface area contributed by atoms with Crippen molar-refractivity contribution in [2.75, 3.05) is 26.2 Å². The number of aryl methyl sites for hydroxylation is 1. The van der Waals surface area contributed by atoms with Crippen molar-refractivity contribution in [2.24, 2.45) is 7.05 Å². The molecule has 0 atom stereocenters. The molecule has 0 radical (unpaired) electrons. The fourth-order valence-electron chi connectivity index (χ4n) is 3.82. The molecule has 120 valence electrons. The number of hydrogen-bond donors (Lipinski definition) is 1. The van der Waals surface area contributed by atoms with E-state index in [2.05, 4.69) is 16.9 Å². The summed E-state index contributed by atoms with van der Waals surface area (Å²) in [7, 11) is 2.05. The first-order valence-electron chi connectivity index (χ1n) is 8.27. The molecule has 0 unspecified atom stereocenters. The molecule has 0 saturated carbocycles. The van der Waals surface area contributed by atoms with Crippen LogP contribution in [0.5, 0.6) is 0 Å². The number of piperazine rings is 1. The molecule has 1 aliphatic carbocycles. The third kappa shape index (κ3) is 2.36. The molecule has 1 aliphatic heterocycles. The number of aromatic nitrogens is 1. The second kappa shape index (κ2) is 5.49. The SMILES string of the molecule is Cn1c2c(c3cc(C(=O)N4CCNCC4)ccc31)CC(=O)CC2. The van der Waals surface area contributed by atoms with Crippen molar-refractivity contribution in [3.63, 3.8) is 0 Å². The molecule has 1 fully saturated rings. The van der Waals surface area contributed by atoms with Crippen LogP contribution in [0.15, 0.2) is 18.2 Å². The van der Waals surface area contributed by atoms with Gasteiger partial charge in [0.25, 0.3) is 5.91 Å². The van der Waals surface area contributed by atoms with Gasteiger partial charge in [-0.15, -0.1) is 0 Å². The smallest absolute Gasteiger partial charge is 0.253 e. The fourth-order valence-corrected chi connectivity index (χ4v) is 3.82. The zero-order valence-electron chi connectivity index (χ0n) is 13.4. The molecule has 0 spiro atoms. The van der Waals surface area contributed by atoms with Gasteiger partial charge < -0.3 is 14.8 Å². The van der Waals surface area contributed by atoms with E-state index in [1.165, 1.54) is 5.69 Å². The highest BCUT2D eigenvalue weighted by Gasteiger charge is 2.24. The van der Waals surface area contributed by atoms with Gasteiger partial charge in [0.15, 0.2) is 0 Å². The minimum Gasteiger partial charge on any atom is -0.347 e. The minimum absolute atomic E-state index is 0.0909. The normalized spacial score (nSPS) is 18.3. The summed E-state index contributed by atoms with van der Waals surface area (Å²) in [6.07, 6.45) is 1.93. The Morgan fingerprint density at radius 1 is 1.17 bits per heavy atom. The molecule has 1 N–H and O–H groups in total. The quantitative estimate of drug-likeness (QED) is 0.863. The molecule has 2 aromatic rings. The van der Waals surface area contributed by atoms with Crippen LogP contribution in [0.25, 0.3) is 10.9 Å². The Balaban J connectivity index is 1.77. The van der Waals surface area contributed by atoms with E-state index in [1.54, 1.807) is 0 Å². The molecule has 1 aromatic heterocycles.